The molecule has 3 saturated carbocycles. The molecule has 0 amide bonds. The van der Waals surface area contributed by atoms with E-state index in [1.165, 1.54) is 70.8 Å². The van der Waals surface area contributed by atoms with Crippen LogP contribution in [0, 0.1) is 17.8 Å². The number of nitrogens with two attached hydrogens (primary N) is 1. The lowest BCUT2D eigenvalue weighted by atomic mass is 9.80. The van der Waals surface area contributed by atoms with Gasteiger partial charge in [-0.1, -0.05) is 19.3 Å². The highest BCUT2D eigenvalue weighted by Gasteiger charge is 2.40. The Balaban J connectivity index is 1.33. The third-order valence-electron chi connectivity index (χ3n) is 5.48. The standard InChI is InChI=1S/C16H30N2/c17-16(8-2-1-3-9-16)10-11-18-12-15(13-4-5-13)14-6-7-14/h13-15,18H,1-12,17H2. The fraction of sp³-hybridized carbons (Fsp3) is 1.00. The highest BCUT2D eigenvalue weighted by Crippen LogP contribution is 2.48. The molecule has 0 unspecified atom stereocenters. The van der Waals surface area contributed by atoms with Crippen molar-refractivity contribution in [2.24, 2.45) is 23.5 Å². The van der Waals surface area contributed by atoms with Gasteiger partial charge in [0.15, 0.2) is 0 Å². The second-order valence-electron chi connectivity index (χ2n) is 7.22. The lowest BCUT2D eigenvalue weighted by molar-refractivity contribution is 0.269. The van der Waals surface area contributed by atoms with Crippen LogP contribution >= 0.6 is 0 Å². The average molecular weight is 250 g/mol. The van der Waals surface area contributed by atoms with Gasteiger partial charge in [-0.3, -0.25) is 0 Å². The minimum Gasteiger partial charge on any atom is -0.325 e. The molecule has 3 N–H and O–H groups in total. The molecule has 0 bridgehead atoms. The third-order valence-corrected chi connectivity index (χ3v) is 5.48. The molecule has 3 fully saturated rings. The fourth-order valence-corrected chi connectivity index (χ4v) is 3.88. The predicted molar refractivity (Wildman–Crippen MR) is 76.4 cm³/mol. The summed E-state index contributed by atoms with van der Waals surface area (Å²) >= 11 is 0. The van der Waals surface area contributed by atoms with E-state index in [9.17, 15) is 0 Å². The van der Waals surface area contributed by atoms with Crippen LogP contribution in [-0.2, 0) is 0 Å². The van der Waals surface area contributed by atoms with Crippen LogP contribution in [-0.4, -0.2) is 18.6 Å². The zero-order valence-electron chi connectivity index (χ0n) is 11.8. The van der Waals surface area contributed by atoms with Gasteiger partial charge in [-0.15, -0.1) is 0 Å². The topological polar surface area (TPSA) is 38.0 Å². The first-order valence-corrected chi connectivity index (χ1v) is 8.26. The van der Waals surface area contributed by atoms with Crippen LogP contribution < -0.4 is 11.1 Å². The maximum Gasteiger partial charge on any atom is 0.0166 e. The first-order valence-electron chi connectivity index (χ1n) is 8.26. The Hall–Kier alpha value is -0.0800. The average Bonchev–Trinajstić information content (AvgIpc) is 3.24. The lowest BCUT2D eigenvalue weighted by Gasteiger charge is -2.33. The lowest BCUT2D eigenvalue weighted by Crippen LogP contribution is -2.44. The molecule has 0 heterocycles. The van der Waals surface area contributed by atoms with Crippen LogP contribution in [0.2, 0.25) is 0 Å². The van der Waals surface area contributed by atoms with Gasteiger partial charge in [0.25, 0.3) is 0 Å². The van der Waals surface area contributed by atoms with Gasteiger partial charge in [-0.05, 0) is 75.8 Å². The summed E-state index contributed by atoms with van der Waals surface area (Å²) in [6.07, 6.45) is 13.8. The Morgan fingerprint density at radius 2 is 1.61 bits per heavy atom. The molecular weight excluding hydrogens is 220 g/mol. The number of rotatable bonds is 7. The fourth-order valence-electron chi connectivity index (χ4n) is 3.88. The quantitative estimate of drug-likeness (QED) is 0.682. The molecule has 0 saturated heterocycles. The van der Waals surface area contributed by atoms with Crippen molar-refractivity contribution in [1.82, 2.24) is 5.32 Å². The van der Waals surface area contributed by atoms with E-state index >= 15 is 0 Å². The van der Waals surface area contributed by atoms with Gasteiger partial charge in [0.2, 0.25) is 0 Å². The zero-order chi connectivity index (χ0) is 12.4. The van der Waals surface area contributed by atoms with Crippen molar-refractivity contribution in [3.8, 4) is 0 Å². The first-order chi connectivity index (χ1) is 8.77. The van der Waals surface area contributed by atoms with Gasteiger partial charge in [0.1, 0.15) is 0 Å². The minimum atomic E-state index is 0.167. The maximum atomic E-state index is 6.48. The van der Waals surface area contributed by atoms with Crippen LogP contribution in [0.4, 0.5) is 0 Å². The van der Waals surface area contributed by atoms with Crippen LogP contribution in [0.25, 0.3) is 0 Å². The molecule has 2 heteroatoms. The molecule has 0 spiro atoms. The predicted octanol–water partition coefficient (Wildman–Crippen LogP) is 3.06. The Labute approximate surface area is 112 Å². The molecule has 2 nitrogen and oxygen atoms in total. The molecule has 0 atom stereocenters. The van der Waals surface area contributed by atoms with Gasteiger partial charge in [-0.25, -0.2) is 0 Å². The molecular formula is C16H30N2. The summed E-state index contributed by atoms with van der Waals surface area (Å²) in [5.74, 6) is 3.16. The van der Waals surface area contributed by atoms with Crippen LogP contribution in [0.3, 0.4) is 0 Å². The monoisotopic (exact) mass is 250 g/mol. The van der Waals surface area contributed by atoms with Gasteiger partial charge >= 0.3 is 0 Å². The van der Waals surface area contributed by atoms with Crippen molar-refractivity contribution in [2.75, 3.05) is 13.1 Å². The molecule has 0 aromatic carbocycles. The summed E-state index contributed by atoms with van der Waals surface area (Å²) < 4.78 is 0. The smallest absolute Gasteiger partial charge is 0.0166 e. The van der Waals surface area contributed by atoms with Crippen molar-refractivity contribution < 1.29 is 0 Å². The summed E-state index contributed by atoms with van der Waals surface area (Å²) in [4.78, 5) is 0. The maximum absolute atomic E-state index is 6.48. The SMILES string of the molecule is NC1(CCNCC(C2CC2)C2CC2)CCCCC1. The van der Waals surface area contributed by atoms with Crippen LogP contribution in [0.5, 0.6) is 0 Å². The summed E-state index contributed by atoms with van der Waals surface area (Å²) in [5, 5.41) is 3.72. The van der Waals surface area contributed by atoms with Crippen molar-refractivity contribution >= 4 is 0 Å². The molecule has 3 aliphatic carbocycles. The summed E-state index contributed by atoms with van der Waals surface area (Å²) in [6.45, 7) is 2.41. The minimum absolute atomic E-state index is 0.167. The second-order valence-corrected chi connectivity index (χ2v) is 7.22. The zero-order valence-corrected chi connectivity index (χ0v) is 11.8. The Morgan fingerprint density at radius 1 is 1.00 bits per heavy atom. The van der Waals surface area contributed by atoms with Crippen molar-refractivity contribution in [2.45, 2.75) is 69.7 Å². The largest absolute Gasteiger partial charge is 0.325 e. The molecule has 3 rings (SSSR count). The number of hydrogen-bond donors (Lipinski definition) is 2. The van der Waals surface area contributed by atoms with E-state index in [1.54, 1.807) is 0 Å². The van der Waals surface area contributed by atoms with E-state index < -0.39 is 0 Å². The van der Waals surface area contributed by atoms with E-state index in [-0.39, 0.29) is 5.54 Å². The van der Waals surface area contributed by atoms with Crippen molar-refractivity contribution in [3.05, 3.63) is 0 Å². The van der Waals surface area contributed by atoms with E-state index in [0.29, 0.717) is 0 Å². The third kappa shape index (κ3) is 3.48. The first kappa shape index (κ1) is 12.9. The van der Waals surface area contributed by atoms with E-state index in [0.717, 1.165) is 24.3 Å². The van der Waals surface area contributed by atoms with Gasteiger partial charge in [0, 0.05) is 5.54 Å². The summed E-state index contributed by atoms with van der Waals surface area (Å²) in [5.41, 5.74) is 6.65. The Kier molecular flexibility index (Phi) is 3.95. The molecule has 0 aromatic rings. The summed E-state index contributed by atoms with van der Waals surface area (Å²) in [6, 6.07) is 0. The normalized spacial score (nSPS) is 27.7. The van der Waals surface area contributed by atoms with Crippen LogP contribution in [0.15, 0.2) is 0 Å². The number of hydrogen-bond acceptors (Lipinski definition) is 2. The van der Waals surface area contributed by atoms with E-state index in [1.807, 2.05) is 0 Å². The van der Waals surface area contributed by atoms with Crippen molar-refractivity contribution in [1.29, 1.82) is 0 Å². The van der Waals surface area contributed by atoms with E-state index in [2.05, 4.69) is 5.32 Å². The highest BCUT2D eigenvalue weighted by molar-refractivity contribution is 4.93. The molecule has 0 aromatic heterocycles. The number of nitrogens with one attached hydrogen (secondary N) is 1. The van der Waals surface area contributed by atoms with E-state index in [4.69, 9.17) is 5.73 Å². The molecule has 0 radical (unpaired) electrons. The highest BCUT2D eigenvalue weighted by atomic mass is 14.9. The molecule has 104 valence electrons. The molecule has 0 aliphatic heterocycles. The molecule has 18 heavy (non-hydrogen) atoms. The van der Waals surface area contributed by atoms with Crippen molar-refractivity contribution in [3.63, 3.8) is 0 Å². The Morgan fingerprint density at radius 3 is 2.17 bits per heavy atom. The Bertz CT molecular complexity index is 250. The summed E-state index contributed by atoms with van der Waals surface area (Å²) in [7, 11) is 0. The molecule has 3 aliphatic rings. The van der Waals surface area contributed by atoms with Gasteiger partial charge in [0.05, 0.1) is 0 Å². The van der Waals surface area contributed by atoms with Crippen LogP contribution in [0.1, 0.15) is 64.2 Å². The second kappa shape index (κ2) is 5.50. The van der Waals surface area contributed by atoms with Gasteiger partial charge in [-0.2, -0.15) is 0 Å². The van der Waals surface area contributed by atoms with Gasteiger partial charge < -0.3 is 11.1 Å².